The van der Waals surface area contributed by atoms with Crippen LogP contribution in [0.3, 0.4) is 0 Å². The SMILES string of the molecule is Cc1ccc(C)c([C@@H](C)Nc2ncccc2S(N)(=O)=O)c1. The van der Waals surface area contributed by atoms with Gasteiger partial charge in [-0.05, 0) is 44.0 Å². The zero-order valence-corrected chi connectivity index (χ0v) is 13.1. The third-order valence-corrected chi connectivity index (χ3v) is 4.27. The summed E-state index contributed by atoms with van der Waals surface area (Å²) in [6.45, 7) is 6.00. The Morgan fingerprint density at radius 3 is 2.62 bits per heavy atom. The number of hydrogen-bond donors (Lipinski definition) is 2. The summed E-state index contributed by atoms with van der Waals surface area (Å²) in [5.74, 6) is 0.272. The van der Waals surface area contributed by atoms with E-state index in [0.717, 1.165) is 16.7 Å². The molecule has 1 aromatic carbocycles. The molecule has 2 rings (SSSR count). The molecule has 1 heterocycles. The maximum Gasteiger partial charge on any atom is 0.241 e. The van der Waals surface area contributed by atoms with E-state index in [1.807, 2.05) is 32.9 Å². The molecule has 0 spiro atoms. The minimum Gasteiger partial charge on any atom is -0.362 e. The van der Waals surface area contributed by atoms with E-state index < -0.39 is 10.0 Å². The standard InChI is InChI=1S/C15H19N3O2S/c1-10-6-7-11(2)13(9-10)12(3)18-15-14(21(16,19)20)5-4-8-17-15/h4-9,12H,1-3H3,(H,17,18)(H2,16,19,20)/t12-/m1/s1. The third kappa shape index (κ3) is 3.59. The lowest BCUT2D eigenvalue weighted by molar-refractivity contribution is 0.597. The number of nitrogens with zero attached hydrogens (tertiary/aromatic N) is 1. The molecule has 0 unspecified atom stereocenters. The number of nitrogens with two attached hydrogens (primary N) is 1. The molecule has 21 heavy (non-hydrogen) atoms. The highest BCUT2D eigenvalue weighted by Crippen LogP contribution is 2.25. The van der Waals surface area contributed by atoms with Gasteiger partial charge in [-0.15, -0.1) is 0 Å². The van der Waals surface area contributed by atoms with E-state index in [2.05, 4.69) is 16.4 Å². The first-order valence-corrected chi connectivity index (χ1v) is 8.15. The maximum absolute atomic E-state index is 11.6. The van der Waals surface area contributed by atoms with Gasteiger partial charge in [0, 0.05) is 6.20 Å². The van der Waals surface area contributed by atoms with Gasteiger partial charge in [0.15, 0.2) is 0 Å². The van der Waals surface area contributed by atoms with Gasteiger partial charge >= 0.3 is 0 Å². The van der Waals surface area contributed by atoms with Crippen LogP contribution in [-0.2, 0) is 10.0 Å². The number of rotatable bonds is 4. The van der Waals surface area contributed by atoms with Crippen molar-refractivity contribution < 1.29 is 8.42 Å². The van der Waals surface area contributed by atoms with Gasteiger partial charge in [0.1, 0.15) is 10.7 Å². The van der Waals surface area contributed by atoms with Crippen molar-refractivity contribution in [3.8, 4) is 0 Å². The molecular weight excluding hydrogens is 286 g/mol. The second-order valence-electron chi connectivity index (χ2n) is 5.12. The Labute approximate surface area is 125 Å². The third-order valence-electron chi connectivity index (χ3n) is 3.33. The van der Waals surface area contributed by atoms with Crippen LogP contribution in [0.5, 0.6) is 0 Å². The van der Waals surface area contributed by atoms with E-state index in [0.29, 0.717) is 0 Å². The van der Waals surface area contributed by atoms with Crippen LogP contribution in [-0.4, -0.2) is 13.4 Å². The van der Waals surface area contributed by atoms with Crippen LogP contribution in [0.25, 0.3) is 0 Å². The Kier molecular flexibility index (Phi) is 4.29. The van der Waals surface area contributed by atoms with E-state index in [-0.39, 0.29) is 16.8 Å². The van der Waals surface area contributed by atoms with Crippen molar-refractivity contribution in [2.24, 2.45) is 5.14 Å². The van der Waals surface area contributed by atoms with Crippen LogP contribution >= 0.6 is 0 Å². The smallest absolute Gasteiger partial charge is 0.241 e. The van der Waals surface area contributed by atoms with E-state index in [9.17, 15) is 8.42 Å². The van der Waals surface area contributed by atoms with Crippen LogP contribution in [0.4, 0.5) is 5.82 Å². The van der Waals surface area contributed by atoms with Crippen molar-refractivity contribution in [3.05, 3.63) is 53.2 Å². The number of aryl methyl sites for hydroxylation is 2. The average Bonchev–Trinajstić information content (AvgIpc) is 2.41. The van der Waals surface area contributed by atoms with Crippen LogP contribution in [0.1, 0.15) is 29.7 Å². The van der Waals surface area contributed by atoms with E-state index in [1.54, 1.807) is 6.07 Å². The monoisotopic (exact) mass is 305 g/mol. The second kappa shape index (κ2) is 5.83. The van der Waals surface area contributed by atoms with Crippen LogP contribution in [0.15, 0.2) is 41.4 Å². The molecule has 112 valence electrons. The molecular formula is C15H19N3O2S. The van der Waals surface area contributed by atoms with Gasteiger partial charge in [-0.1, -0.05) is 23.8 Å². The molecule has 0 aliphatic carbocycles. The topological polar surface area (TPSA) is 85.1 Å². The largest absolute Gasteiger partial charge is 0.362 e. The lowest BCUT2D eigenvalue weighted by Crippen LogP contribution is -2.17. The molecule has 1 aromatic heterocycles. The minimum absolute atomic E-state index is 0.00200. The van der Waals surface area contributed by atoms with Crippen molar-refractivity contribution in [2.75, 3.05) is 5.32 Å². The number of benzene rings is 1. The predicted molar refractivity (Wildman–Crippen MR) is 83.6 cm³/mol. The molecule has 0 aliphatic rings. The maximum atomic E-state index is 11.6. The van der Waals surface area contributed by atoms with Crippen molar-refractivity contribution in [1.29, 1.82) is 0 Å². The van der Waals surface area contributed by atoms with Crippen LogP contribution in [0.2, 0.25) is 0 Å². The summed E-state index contributed by atoms with van der Waals surface area (Å²) in [5.41, 5.74) is 3.38. The number of nitrogens with one attached hydrogen (secondary N) is 1. The van der Waals surface area contributed by atoms with Gasteiger partial charge in [0.05, 0.1) is 6.04 Å². The first kappa shape index (κ1) is 15.5. The fourth-order valence-corrected chi connectivity index (χ4v) is 2.89. The summed E-state index contributed by atoms with van der Waals surface area (Å²) >= 11 is 0. The van der Waals surface area contributed by atoms with Gasteiger partial charge < -0.3 is 5.32 Å². The molecule has 2 aromatic rings. The average molecular weight is 305 g/mol. The number of aromatic nitrogens is 1. The van der Waals surface area contributed by atoms with E-state index in [1.165, 1.54) is 12.3 Å². The van der Waals surface area contributed by atoms with Gasteiger partial charge in [0.2, 0.25) is 10.0 Å². The van der Waals surface area contributed by atoms with Crippen molar-refractivity contribution >= 4 is 15.8 Å². The number of primary sulfonamides is 1. The number of hydrogen-bond acceptors (Lipinski definition) is 4. The fraction of sp³-hybridized carbons (Fsp3) is 0.267. The van der Waals surface area contributed by atoms with Gasteiger partial charge in [0.25, 0.3) is 0 Å². The van der Waals surface area contributed by atoms with E-state index in [4.69, 9.17) is 5.14 Å². The van der Waals surface area contributed by atoms with Crippen LogP contribution in [0, 0.1) is 13.8 Å². The van der Waals surface area contributed by atoms with Gasteiger partial charge in [-0.25, -0.2) is 18.5 Å². The summed E-state index contributed by atoms with van der Waals surface area (Å²) < 4.78 is 23.2. The lowest BCUT2D eigenvalue weighted by atomic mass is 10.00. The molecule has 0 saturated heterocycles. The molecule has 5 nitrogen and oxygen atoms in total. The quantitative estimate of drug-likeness (QED) is 0.909. The molecule has 1 atom stereocenters. The Hall–Kier alpha value is -1.92. The van der Waals surface area contributed by atoms with Crippen molar-refractivity contribution in [1.82, 2.24) is 4.98 Å². The predicted octanol–water partition coefficient (Wildman–Crippen LogP) is 2.52. The summed E-state index contributed by atoms with van der Waals surface area (Å²) in [6.07, 6.45) is 1.53. The first-order chi connectivity index (χ1) is 9.79. The molecule has 0 amide bonds. The van der Waals surface area contributed by atoms with Gasteiger partial charge in [-0.2, -0.15) is 0 Å². The fourth-order valence-electron chi connectivity index (χ4n) is 2.24. The highest BCUT2D eigenvalue weighted by atomic mass is 32.2. The van der Waals surface area contributed by atoms with E-state index >= 15 is 0 Å². The molecule has 0 radical (unpaired) electrons. The Bertz CT molecular complexity index is 757. The number of anilines is 1. The lowest BCUT2D eigenvalue weighted by Gasteiger charge is -2.19. The van der Waals surface area contributed by atoms with Crippen molar-refractivity contribution in [3.63, 3.8) is 0 Å². The minimum atomic E-state index is -3.80. The summed E-state index contributed by atoms with van der Waals surface area (Å²) in [6, 6.07) is 9.07. The molecule has 0 aliphatic heterocycles. The van der Waals surface area contributed by atoms with Gasteiger partial charge in [-0.3, -0.25) is 0 Å². The molecule has 0 saturated carbocycles. The van der Waals surface area contributed by atoms with Crippen LogP contribution < -0.4 is 10.5 Å². The number of sulfonamides is 1. The zero-order chi connectivity index (χ0) is 15.6. The Balaban J connectivity index is 2.37. The summed E-state index contributed by atoms with van der Waals surface area (Å²) in [4.78, 5) is 4.09. The molecule has 6 heteroatoms. The highest BCUT2D eigenvalue weighted by molar-refractivity contribution is 7.89. The highest BCUT2D eigenvalue weighted by Gasteiger charge is 2.17. The second-order valence-corrected chi connectivity index (χ2v) is 6.65. The normalized spacial score (nSPS) is 13.0. The van der Waals surface area contributed by atoms with Crippen molar-refractivity contribution in [2.45, 2.75) is 31.7 Å². The number of pyridine rings is 1. The molecule has 0 fully saturated rings. The Morgan fingerprint density at radius 1 is 1.24 bits per heavy atom. The molecule has 3 N–H and O–H groups in total. The zero-order valence-electron chi connectivity index (χ0n) is 12.3. The first-order valence-electron chi connectivity index (χ1n) is 6.60. The summed E-state index contributed by atoms with van der Waals surface area (Å²) in [5, 5.41) is 8.35. The Morgan fingerprint density at radius 2 is 1.95 bits per heavy atom. The molecule has 0 bridgehead atoms. The summed E-state index contributed by atoms with van der Waals surface area (Å²) in [7, 11) is -3.80.